The van der Waals surface area contributed by atoms with Gasteiger partial charge in [0.1, 0.15) is 5.76 Å². The molecule has 0 aromatic carbocycles. The lowest BCUT2D eigenvalue weighted by molar-refractivity contribution is 0.396. The first kappa shape index (κ1) is 14.9. The normalized spacial score (nSPS) is 18.8. The number of sulfonamides is 1. The molecule has 2 rings (SSSR count). The maximum atomic E-state index is 11.1. The van der Waals surface area contributed by atoms with Gasteiger partial charge >= 0.3 is 0 Å². The monoisotopic (exact) mass is 304 g/mol. The van der Waals surface area contributed by atoms with Crippen molar-refractivity contribution in [2.24, 2.45) is 5.14 Å². The van der Waals surface area contributed by atoms with Crippen LogP contribution in [-0.4, -0.2) is 26.0 Å². The minimum absolute atomic E-state index is 0.176. The Morgan fingerprint density at radius 3 is 2.63 bits per heavy atom. The Hall–Kier alpha value is -0.500. The highest BCUT2D eigenvalue weighted by atomic mass is 32.2. The molecule has 0 aliphatic heterocycles. The van der Waals surface area contributed by atoms with Gasteiger partial charge in [0.15, 0.2) is 0 Å². The largest absolute Gasteiger partial charge is 0.447 e. The quantitative estimate of drug-likeness (QED) is 0.835. The molecule has 1 aromatic heterocycles. The molecule has 0 saturated heterocycles. The number of nitrogens with one attached hydrogen (secondary N) is 1. The SMILES string of the molecule is CSC1(CNCc2ccc(S(N)(=O)=O)o2)CCCC1. The van der Waals surface area contributed by atoms with Crippen molar-refractivity contribution in [1.29, 1.82) is 0 Å². The lowest BCUT2D eigenvalue weighted by atomic mass is 10.1. The summed E-state index contributed by atoms with van der Waals surface area (Å²) in [5.41, 5.74) is 0. The third-order valence-corrected chi connectivity index (χ3v) is 5.81. The minimum atomic E-state index is -3.74. The second-order valence-electron chi connectivity index (χ2n) is 4.96. The van der Waals surface area contributed by atoms with Crippen molar-refractivity contribution in [2.45, 2.75) is 42.1 Å². The van der Waals surface area contributed by atoms with Crippen molar-refractivity contribution in [3.63, 3.8) is 0 Å². The summed E-state index contributed by atoms with van der Waals surface area (Å²) in [5, 5.41) is 8.17. The Bertz CT molecular complexity index is 519. The number of hydrogen-bond acceptors (Lipinski definition) is 5. The second kappa shape index (κ2) is 5.87. The van der Waals surface area contributed by atoms with E-state index in [1.54, 1.807) is 6.07 Å². The van der Waals surface area contributed by atoms with Crippen molar-refractivity contribution < 1.29 is 12.8 Å². The molecule has 1 aliphatic rings. The zero-order chi connectivity index (χ0) is 13.9. The van der Waals surface area contributed by atoms with Crippen LogP contribution in [0.2, 0.25) is 0 Å². The van der Waals surface area contributed by atoms with Crippen molar-refractivity contribution in [1.82, 2.24) is 5.32 Å². The summed E-state index contributed by atoms with van der Waals surface area (Å²) >= 11 is 1.92. The van der Waals surface area contributed by atoms with Crippen LogP contribution >= 0.6 is 11.8 Å². The van der Waals surface area contributed by atoms with Crippen LogP contribution in [0.15, 0.2) is 21.6 Å². The van der Waals surface area contributed by atoms with Crippen LogP contribution in [0.3, 0.4) is 0 Å². The fourth-order valence-corrected chi connectivity index (χ4v) is 3.92. The van der Waals surface area contributed by atoms with Gasteiger partial charge in [-0.1, -0.05) is 12.8 Å². The van der Waals surface area contributed by atoms with Gasteiger partial charge < -0.3 is 9.73 Å². The van der Waals surface area contributed by atoms with Gasteiger partial charge in [-0.2, -0.15) is 11.8 Å². The van der Waals surface area contributed by atoms with Crippen LogP contribution in [-0.2, 0) is 16.6 Å². The van der Waals surface area contributed by atoms with Crippen molar-refractivity contribution in [2.75, 3.05) is 12.8 Å². The van der Waals surface area contributed by atoms with E-state index in [-0.39, 0.29) is 5.09 Å². The molecule has 1 saturated carbocycles. The van der Waals surface area contributed by atoms with E-state index in [0.29, 0.717) is 17.1 Å². The summed E-state index contributed by atoms with van der Waals surface area (Å²) in [6.45, 7) is 1.44. The molecule has 0 amide bonds. The van der Waals surface area contributed by atoms with Gasteiger partial charge in [0.25, 0.3) is 10.0 Å². The van der Waals surface area contributed by atoms with Gasteiger partial charge in [0.05, 0.1) is 6.54 Å². The van der Waals surface area contributed by atoms with Gasteiger partial charge in [-0.25, -0.2) is 13.6 Å². The van der Waals surface area contributed by atoms with Crippen molar-refractivity contribution >= 4 is 21.8 Å². The van der Waals surface area contributed by atoms with E-state index in [0.717, 1.165) is 6.54 Å². The summed E-state index contributed by atoms with van der Waals surface area (Å²) < 4.78 is 27.7. The smallest absolute Gasteiger partial charge is 0.271 e. The summed E-state index contributed by atoms with van der Waals surface area (Å²) in [5.74, 6) is 0.596. The lowest BCUT2D eigenvalue weighted by Crippen LogP contribution is -2.34. The Morgan fingerprint density at radius 1 is 1.42 bits per heavy atom. The van der Waals surface area contributed by atoms with Crippen molar-refractivity contribution in [3.05, 3.63) is 17.9 Å². The average molecular weight is 304 g/mol. The molecule has 1 aromatic rings. The molecule has 0 spiro atoms. The molecule has 1 fully saturated rings. The molecule has 19 heavy (non-hydrogen) atoms. The van der Waals surface area contributed by atoms with Crippen molar-refractivity contribution in [3.8, 4) is 0 Å². The third kappa shape index (κ3) is 3.75. The highest BCUT2D eigenvalue weighted by Crippen LogP contribution is 2.39. The van der Waals surface area contributed by atoms with E-state index in [2.05, 4.69) is 11.6 Å². The number of furan rings is 1. The highest BCUT2D eigenvalue weighted by molar-refractivity contribution is 8.00. The molecule has 0 unspecified atom stereocenters. The minimum Gasteiger partial charge on any atom is -0.447 e. The molecule has 1 heterocycles. The molecular formula is C12H20N2O3S2. The molecule has 0 bridgehead atoms. The molecule has 1 aliphatic carbocycles. The Labute approximate surface area is 118 Å². The van der Waals surface area contributed by atoms with Crippen LogP contribution < -0.4 is 10.5 Å². The zero-order valence-electron chi connectivity index (χ0n) is 11.0. The first-order valence-corrected chi connectivity index (χ1v) is 9.10. The van der Waals surface area contributed by atoms with Gasteiger partial charge in [-0.3, -0.25) is 0 Å². The zero-order valence-corrected chi connectivity index (χ0v) is 12.6. The predicted molar refractivity (Wildman–Crippen MR) is 76.5 cm³/mol. The fourth-order valence-electron chi connectivity index (χ4n) is 2.49. The van der Waals surface area contributed by atoms with Crippen LogP contribution in [0.4, 0.5) is 0 Å². The number of rotatable bonds is 6. The molecule has 108 valence electrons. The van der Waals surface area contributed by atoms with E-state index < -0.39 is 10.0 Å². The van der Waals surface area contributed by atoms with Crippen LogP contribution in [0.25, 0.3) is 0 Å². The number of thioether (sulfide) groups is 1. The maximum Gasteiger partial charge on any atom is 0.271 e. The summed E-state index contributed by atoms with van der Waals surface area (Å²) in [4.78, 5) is 0. The van der Waals surface area contributed by atoms with E-state index in [4.69, 9.17) is 9.56 Å². The Balaban J connectivity index is 1.87. The number of hydrogen-bond donors (Lipinski definition) is 2. The molecule has 0 atom stereocenters. The van der Waals surface area contributed by atoms with Gasteiger partial charge in [-0.05, 0) is 31.2 Å². The van der Waals surface area contributed by atoms with E-state index in [1.807, 2.05) is 11.8 Å². The first-order valence-electron chi connectivity index (χ1n) is 6.33. The van der Waals surface area contributed by atoms with E-state index in [1.165, 1.54) is 31.7 Å². The highest BCUT2D eigenvalue weighted by Gasteiger charge is 2.32. The number of primary sulfonamides is 1. The maximum absolute atomic E-state index is 11.1. The lowest BCUT2D eigenvalue weighted by Gasteiger charge is -2.26. The van der Waals surface area contributed by atoms with E-state index >= 15 is 0 Å². The first-order chi connectivity index (χ1) is 8.95. The number of nitrogens with two attached hydrogens (primary N) is 1. The van der Waals surface area contributed by atoms with Gasteiger partial charge in [-0.15, -0.1) is 0 Å². The summed E-state index contributed by atoms with van der Waals surface area (Å²) in [6, 6.07) is 3.04. The third-order valence-electron chi connectivity index (χ3n) is 3.61. The molecule has 0 radical (unpaired) electrons. The topological polar surface area (TPSA) is 85.3 Å². The standard InChI is InChI=1S/C12H20N2O3S2/c1-18-12(6-2-3-7-12)9-14-8-10-4-5-11(17-10)19(13,15)16/h4-5,14H,2-3,6-9H2,1H3,(H2,13,15,16). The molecule has 5 nitrogen and oxygen atoms in total. The summed E-state index contributed by atoms with van der Waals surface area (Å²) in [6.07, 6.45) is 7.21. The molecule has 7 heteroatoms. The van der Waals surface area contributed by atoms with E-state index in [9.17, 15) is 8.42 Å². The van der Waals surface area contributed by atoms with Gasteiger partial charge in [0, 0.05) is 11.3 Å². The predicted octanol–water partition coefficient (Wildman–Crippen LogP) is 1.69. The van der Waals surface area contributed by atoms with Crippen LogP contribution in [0.5, 0.6) is 0 Å². The van der Waals surface area contributed by atoms with Gasteiger partial charge in [0.2, 0.25) is 5.09 Å². The van der Waals surface area contributed by atoms with Crippen LogP contribution in [0, 0.1) is 0 Å². The average Bonchev–Trinajstić information content (AvgIpc) is 2.97. The Kier molecular flexibility index (Phi) is 4.60. The van der Waals surface area contributed by atoms with Crippen LogP contribution in [0.1, 0.15) is 31.4 Å². The molecule has 3 N–H and O–H groups in total. The molecular weight excluding hydrogens is 284 g/mol. The summed E-state index contributed by atoms with van der Waals surface area (Å²) in [7, 11) is -3.74. The second-order valence-corrected chi connectivity index (χ2v) is 7.73. The Morgan fingerprint density at radius 2 is 2.11 bits per heavy atom. The fraction of sp³-hybridized carbons (Fsp3) is 0.667.